The number of carbonyl (C=O) groups is 1. The van der Waals surface area contributed by atoms with E-state index in [1.165, 1.54) is 13.3 Å². The standard InChI is InChI=1S/C13H16N4O3.ClH/c1-20-13(19)9-7-15-17-10(6-11(18)16-12(9)17)8-2-4-14-5-3-8;/h6-8,14H,2-5H2,1H3,(H,16,18);1H. The van der Waals surface area contributed by atoms with Crippen LogP contribution in [0.25, 0.3) is 5.65 Å². The molecule has 1 saturated heterocycles. The van der Waals surface area contributed by atoms with Crippen LogP contribution in [0.5, 0.6) is 0 Å². The topological polar surface area (TPSA) is 88.5 Å². The second-order valence-corrected chi connectivity index (χ2v) is 4.89. The predicted octanol–water partition coefficient (Wildman–Crippen LogP) is 0.698. The molecule has 8 heteroatoms. The number of carbonyl (C=O) groups excluding carboxylic acids is 1. The Kier molecular flexibility index (Phi) is 4.64. The third kappa shape index (κ3) is 2.79. The Morgan fingerprint density at radius 2 is 2.14 bits per heavy atom. The van der Waals surface area contributed by atoms with E-state index < -0.39 is 5.97 Å². The molecule has 0 bridgehead atoms. The summed E-state index contributed by atoms with van der Waals surface area (Å²) in [5.74, 6) is -0.232. The molecule has 1 aliphatic heterocycles. The summed E-state index contributed by atoms with van der Waals surface area (Å²) in [6.45, 7) is 1.84. The highest BCUT2D eigenvalue weighted by Crippen LogP contribution is 2.24. The van der Waals surface area contributed by atoms with Gasteiger partial charge in [0.1, 0.15) is 5.56 Å². The molecule has 0 atom stereocenters. The molecule has 0 unspecified atom stereocenters. The van der Waals surface area contributed by atoms with E-state index in [2.05, 4.69) is 15.4 Å². The molecule has 0 aliphatic carbocycles. The molecule has 3 rings (SSSR count). The molecule has 0 amide bonds. The molecule has 0 saturated carbocycles. The second-order valence-electron chi connectivity index (χ2n) is 4.89. The molecular formula is C13H17ClN4O3. The molecule has 0 spiro atoms. The van der Waals surface area contributed by atoms with E-state index in [-0.39, 0.29) is 29.4 Å². The fourth-order valence-electron chi connectivity index (χ4n) is 2.68. The van der Waals surface area contributed by atoms with Crippen LogP contribution in [0.15, 0.2) is 17.1 Å². The van der Waals surface area contributed by atoms with Crippen molar-refractivity contribution in [2.45, 2.75) is 18.8 Å². The van der Waals surface area contributed by atoms with Gasteiger partial charge < -0.3 is 15.0 Å². The number of ether oxygens (including phenoxy) is 1. The number of aromatic nitrogens is 3. The zero-order valence-corrected chi connectivity index (χ0v) is 12.4. The summed E-state index contributed by atoms with van der Waals surface area (Å²) in [7, 11) is 1.31. The van der Waals surface area contributed by atoms with Crippen LogP contribution in [0.2, 0.25) is 0 Å². The lowest BCUT2D eigenvalue weighted by atomic mass is 9.94. The van der Waals surface area contributed by atoms with Crippen molar-refractivity contribution >= 4 is 24.0 Å². The van der Waals surface area contributed by atoms with E-state index in [9.17, 15) is 9.59 Å². The summed E-state index contributed by atoms with van der Waals surface area (Å²) in [5, 5.41) is 7.52. The van der Waals surface area contributed by atoms with Gasteiger partial charge in [0.2, 0.25) is 0 Å². The minimum absolute atomic E-state index is 0. The maximum absolute atomic E-state index is 11.8. The van der Waals surface area contributed by atoms with E-state index in [0.717, 1.165) is 31.6 Å². The van der Waals surface area contributed by atoms with Crippen LogP contribution < -0.4 is 10.9 Å². The highest BCUT2D eigenvalue weighted by Gasteiger charge is 2.22. The fourth-order valence-corrected chi connectivity index (χ4v) is 2.68. The summed E-state index contributed by atoms with van der Waals surface area (Å²) in [4.78, 5) is 26.2. The van der Waals surface area contributed by atoms with Gasteiger partial charge in [0.05, 0.1) is 19.0 Å². The number of rotatable bonds is 2. The Labute approximate surface area is 127 Å². The quantitative estimate of drug-likeness (QED) is 0.797. The van der Waals surface area contributed by atoms with Gasteiger partial charge in [-0.2, -0.15) is 5.10 Å². The van der Waals surface area contributed by atoms with Gasteiger partial charge in [-0.1, -0.05) is 0 Å². The molecule has 3 heterocycles. The number of hydrogen-bond donors (Lipinski definition) is 2. The predicted molar refractivity (Wildman–Crippen MR) is 79.2 cm³/mol. The van der Waals surface area contributed by atoms with Crippen molar-refractivity contribution in [3.8, 4) is 0 Å². The number of aromatic amines is 1. The minimum Gasteiger partial charge on any atom is -0.465 e. The third-order valence-electron chi connectivity index (χ3n) is 3.70. The highest BCUT2D eigenvalue weighted by molar-refractivity contribution is 5.95. The number of methoxy groups -OCH3 is 1. The summed E-state index contributed by atoms with van der Waals surface area (Å²) in [6.07, 6.45) is 3.33. The van der Waals surface area contributed by atoms with Crippen molar-refractivity contribution in [2.24, 2.45) is 0 Å². The van der Waals surface area contributed by atoms with E-state index in [4.69, 9.17) is 4.74 Å². The lowest BCUT2D eigenvalue weighted by Gasteiger charge is -2.23. The number of H-pyrrole nitrogens is 1. The van der Waals surface area contributed by atoms with Crippen molar-refractivity contribution in [1.29, 1.82) is 0 Å². The number of hydrogen-bond acceptors (Lipinski definition) is 5. The number of halogens is 1. The molecule has 2 aromatic heterocycles. The molecule has 0 radical (unpaired) electrons. The Hall–Kier alpha value is -1.86. The lowest BCUT2D eigenvalue weighted by Crippen LogP contribution is -2.28. The highest BCUT2D eigenvalue weighted by atomic mass is 35.5. The zero-order valence-electron chi connectivity index (χ0n) is 11.6. The molecule has 7 nitrogen and oxygen atoms in total. The van der Waals surface area contributed by atoms with Gasteiger partial charge in [0.25, 0.3) is 5.56 Å². The van der Waals surface area contributed by atoms with Gasteiger partial charge in [-0.15, -0.1) is 12.4 Å². The Bertz CT molecular complexity index is 703. The maximum Gasteiger partial charge on any atom is 0.343 e. The molecule has 114 valence electrons. The van der Waals surface area contributed by atoms with Crippen LogP contribution in [0.1, 0.15) is 34.8 Å². The lowest BCUT2D eigenvalue weighted by molar-refractivity contribution is 0.0602. The van der Waals surface area contributed by atoms with Gasteiger partial charge in [-0.05, 0) is 25.9 Å². The maximum atomic E-state index is 11.8. The van der Waals surface area contributed by atoms with E-state index in [0.29, 0.717) is 5.65 Å². The average Bonchev–Trinajstić information content (AvgIpc) is 2.90. The van der Waals surface area contributed by atoms with E-state index in [1.54, 1.807) is 10.6 Å². The molecule has 2 aromatic rings. The van der Waals surface area contributed by atoms with E-state index in [1.807, 2.05) is 0 Å². The first-order valence-electron chi connectivity index (χ1n) is 6.60. The molecule has 21 heavy (non-hydrogen) atoms. The molecular weight excluding hydrogens is 296 g/mol. The first kappa shape index (κ1) is 15.5. The molecule has 1 aliphatic rings. The van der Waals surface area contributed by atoms with E-state index >= 15 is 0 Å². The van der Waals surface area contributed by atoms with Crippen LogP contribution in [0, 0.1) is 0 Å². The normalized spacial score (nSPS) is 15.7. The van der Waals surface area contributed by atoms with Crippen LogP contribution in [-0.4, -0.2) is 40.8 Å². The van der Waals surface area contributed by atoms with Crippen LogP contribution in [-0.2, 0) is 4.74 Å². The largest absolute Gasteiger partial charge is 0.465 e. The van der Waals surface area contributed by atoms with Gasteiger partial charge in [-0.25, -0.2) is 9.31 Å². The Balaban J connectivity index is 0.00000161. The first-order chi connectivity index (χ1) is 9.70. The minimum atomic E-state index is -0.502. The van der Waals surface area contributed by atoms with Crippen molar-refractivity contribution < 1.29 is 9.53 Å². The summed E-state index contributed by atoms with van der Waals surface area (Å²) >= 11 is 0. The number of esters is 1. The van der Waals surface area contributed by atoms with Gasteiger partial charge in [0.15, 0.2) is 5.65 Å². The third-order valence-corrected chi connectivity index (χ3v) is 3.70. The van der Waals surface area contributed by atoms with Crippen LogP contribution in [0.3, 0.4) is 0 Å². The average molecular weight is 313 g/mol. The summed E-state index contributed by atoms with van der Waals surface area (Å²) in [6, 6.07) is 1.57. The monoisotopic (exact) mass is 312 g/mol. The van der Waals surface area contributed by atoms with Gasteiger partial charge >= 0.3 is 5.97 Å². The van der Waals surface area contributed by atoms with Crippen molar-refractivity contribution in [1.82, 2.24) is 19.9 Å². The second kappa shape index (κ2) is 6.28. The van der Waals surface area contributed by atoms with Gasteiger partial charge in [0, 0.05) is 12.0 Å². The summed E-state index contributed by atoms with van der Waals surface area (Å²) in [5.41, 5.74) is 1.30. The Morgan fingerprint density at radius 3 is 2.81 bits per heavy atom. The number of fused-ring (bicyclic) bond motifs is 1. The van der Waals surface area contributed by atoms with Crippen molar-refractivity contribution in [2.75, 3.05) is 20.2 Å². The van der Waals surface area contributed by atoms with Crippen LogP contribution >= 0.6 is 12.4 Å². The SMILES string of the molecule is COC(=O)c1cnn2c(C3CCNCC3)cc(=O)[nH]c12.Cl. The summed E-state index contributed by atoms with van der Waals surface area (Å²) < 4.78 is 6.35. The smallest absolute Gasteiger partial charge is 0.343 e. The van der Waals surface area contributed by atoms with Gasteiger partial charge in [-0.3, -0.25) is 4.79 Å². The molecule has 0 aromatic carbocycles. The number of nitrogens with zero attached hydrogens (tertiary/aromatic N) is 2. The van der Waals surface area contributed by atoms with Crippen LogP contribution in [0.4, 0.5) is 0 Å². The van der Waals surface area contributed by atoms with Crippen molar-refractivity contribution in [3.05, 3.63) is 33.9 Å². The number of nitrogens with one attached hydrogen (secondary N) is 2. The molecule has 1 fully saturated rings. The zero-order chi connectivity index (χ0) is 14.1. The number of piperidine rings is 1. The first-order valence-corrected chi connectivity index (χ1v) is 6.60. The molecule has 2 N–H and O–H groups in total. The van der Waals surface area contributed by atoms with Crippen molar-refractivity contribution in [3.63, 3.8) is 0 Å². The fraction of sp³-hybridized carbons (Fsp3) is 0.462. The Morgan fingerprint density at radius 1 is 1.43 bits per heavy atom.